The van der Waals surface area contributed by atoms with Gasteiger partial charge in [0.15, 0.2) is 0 Å². The molecule has 7 nitrogen and oxygen atoms in total. The van der Waals surface area contributed by atoms with Crippen molar-refractivity contribution in [1.82, 2.24) is 0 Å². The quantitative estimate of drug-likeness (QED) is 0.475. The van der Waals surface area contributed by atoms with Gasteiger partial charge in [-0.2, -0.15) is 0 Å². The first-order chi connectivity index (χ1) is 12.5. The molecule has 1 aliphatic heterocycles. The minimum atomic E-state index is -1.35. The van der Waals surface area contributed by atoms with Crippen LogP contribution in [0.25, 0.3) is 0 Å². The largest absolute Gasteiger partial charge is 0.535 e. The zero-order chi connectivity index (χ0) is 20.4. The molecule has 0 unspecified atom stereocenters. The molecule has 1 atom stereocenters. The molecule has 0 radical (unpaired) electrons. The zero-order valence-electron chi connectivity index (χ0n) is 15.7. The van der Waals surface area contributed by atoms with E-state index >= 15 is 0 Å². The zero-order valence-corrected chi connectivity index (χ0v) is 15.7. The Morgan fingerprint density at radius 3 is 2.56 bits per heavy atom. The fourth-order valence-electron chi connectivity index (χ4n) is 2.65. The molecule has 1 aromatic rings. The fraction of sp³-hybridized carbons (Fsp3) is 0.500. The molecule has 0 bridgehead atoms. The summed E-state index contributed by atoms with van der Waals surface area (Å²) >= 11 is 0. The molecule has 0 spiro atoms. The first-order valence-corrected chi connectivity index (χ1v) is 8.50. The predicted octanol–water partition coefficient (Wildman–Crippen LogP) is 2.29. The minimum Gasteiger partial charge on any atom is -0.535 e. The first kappa shape index (κ1) is 20.9. The topological polar surface area (TPSA) is 99.1 Å². The van der Waals surface area contributed by atoms with Crippen molar-refractivity contribution in [1.29, 1.82) is 0 Å². The summed E-state index contributed by atoms with van der Waals surface area (Å²) in [4.78, 5) is 35.2. The van der Waals surface area contributed by atoms with Gasteiger partial charge in [0.1, 0.15) is 22.9 Å². The third-order valence-corrected chi connectivity index (χ3v) is 4.06. The van der Waals surface area contributed by atoms with Gasteiger partial charge in [-0.15, -0.1) is 0 Å². The molecule has 0 amide bonds. The number of carbonyl (C=O) groups excluding carboxylic acids is 3. The number of ether oxygens (including phenoxy) is 2. The van der Waals surface area contributed by atoms with Crippen molar-refractivity contribution < 1.29 is 37.9 Å². The average molecular weight is 380 g/mol. The van der Waals surface area contributed by atoms with Crippen molar-refractivity contribution in [2.24, 2.45) is 5.41 Å². The molecule has 0 aromatic heterocycles. The molecule has 2 rings (SSSR count). The average Bonchev–Trinajstić information content (AvgIpc) is 2.54. The monoisotopic (exact) mass is 380 g/mol. The van der Waals surface area contributed by atoms with Crippen molar-refractivity contribution >= 4 is 24.8 Å². The van der Waals surface area contributed by atoms with E-state index < -0.39 is 48.5 Å². The predicted molar refractivity (Wildman–Crippen MR) is 93.6 cm³/mol. The van der Waals surface area contributed by atoms with Crippen LogP contribution in [0.15, 0.2) is 12.1 Å². The van der Waals surface area contributed by atoms with Crippen LogP contribution in [0.4, 0.5) is 4.39 Å². The van der Waals surface area contributed by atoms with Crippen LogP contribution in [0.2, 0.25) is 5.82 Å². The van der Waals surface area contributed by atoms with E-state index in [4.69, 9.17) is 14.1 Å². The molecule has 0 saturated heterocycles. The summed E-state index contributed by atoms with van der Waals surface area (Å²) < 4.78 is 29.2. The third-order valence-electron chi connectivity index (χ3n) is 4.06. The second-order valence-corrected chi connectivity index (χ2v) is 7.52. The Labute approximate surface area is 156 Å². The Morgan fingerprint density at radius 1 is 1.30 bits per heavy atom. The van der Waals surface area contributed by atoms with E-state index in [0.717, 1.165) is 6.07 Å². The summed E-state index contributed by atoms with van der Waals surface area (Å²) in [7, 11) is -1.35. The van der Waals surface area contributed by atoms with E-state index in [9.17, 15) is 23.8 Å². The van der Waals surface area contributed by atoms with E-state index in [1.54, 1.807) is 20.8 Å². The van der Waals surface area contributed by atoms with Crippen molar-refractivity contribution in [3.05, 3.63) is 29.1 Å². The van der Waals surface area contributed by atoms with Gasteiger partial charge in [0.25, 0.3) is 0 Å². The van der Waals surface area contributed by atoms with E-state index in [2.05, 4.69) is 0 Å². The number of benzene rings is 1. The van der Waals surface area contributed by atoms with Crippen molar-refractivity contribution in [3.8, 4) is 5.75 Å². The highest BCUT2D eigenvalue weighted by Crippen LogP contribution is 2.37. The molecule has 9 heteroatoms. The van der Waals surface area contributed by atoms with Crippen LogP contribution in [-0.2, 0) is 25.5 Å². The number of rotatable bonds is 5. The molecule has 0 fully saturated rings. The second-order valence-electron chi connectivity index (χ2n) is 7.52. The maximum absolute atomic E-state index is 14.2. The number of fused-ring (bicyclic) bond motifs is 1. The number of ketones is 1. The smallest absolute Gasteiger partial charge is 0.526 e. The Balaban J connectivity index is 2.15. The van der Waals surface area contributed by atoms with Crippen molar-refractivity contribution in [2.75, 3.05) is 6.79 Å². The highest BCUT2D eigenvalue weighted by atomic mass is 19.1. The van der Waals surface area contributed by atoms with Crippen LogP contribution in [0.1, 0.15) is 50.0 Å². The summed E-state index contributed by atoms with van der Waals surface area (Å²) in [5.41, 5.74) is -0.783. The molecular weight excluding hydrogens is 358 g/mol. The summed E-state index contributed by atoms with van der Waals surface area (Å²) in [6, 6.07) is 2.52. The highest BCUT2D eigenvalue weighted by molar-refractivity contribution is 6.46. The number of carbonyl (C=O) groups is 3. The number of Topliss-reactive ketones (excluding diaryl/α,β-unsaturated/α-hetero) is 1. The van der Waals surface area contributed by atoms with E-state index in [1.807, 2.05) is 0 Å². The van der Waals surface area contributed by atoms with E-state index in [0.29, 0.717) is 5.56 Å². The van der Waals surface area contributed by atoms with Crippen LogP contribution in [0.3, 0.4) is 0 Å². The molecule has 1 aliphatic rings. The van der Waals surface area contributed by atoms with Gasteiger partial charge in [0.05, 0.1) is 5.41 Å². The maximum atomic E-state index is 14.2. The maximum Gasteiger partial charge on any atom is 0.526 e. The Kier molecular flexibility index (Phi) is 6.25. The van der Waals surface area contributed by atoms with Gasteiger partial charge in [-0.05, 0) is 45.7 Å². The normalized spacial score (nSPS) is 16.2. The molecule has 1 aromatic carbocycles. The lowest BCUT2D eigenvalue weighted by atomic mass is 9.64. The van der Waals surface area contributed by atoms with E-state index in [1.165, 1.54) is 13.0 Å². The summed E-state index contributed by atoms with van der Waals surface area (Å²) in [5.74, 6) is -3.29. The second kappa shape index (κ2) is 8.08. The lowest BCUT2D eigenvalue weighted by Gasteiger charge is -2.28. The van der Waals surface area contributed by atoms with Crippen LogP contribution < -0.4 is 4.65 Å². The lowest BCUT2D eigenvalue weighted by molar-refractivity contribution is -0.161. The number of hydrogen-bond donors (Lipinski definition) is 1. The molecule has 0 saturated carbocycles. The standard InChI is InChI=1S/C18H22BFO7/c1-10(21)7-12-8-11-5-6-13(20)14(15(11)27-19(12)24)16(22)25-9-26-17(23)18(2,3)4/h5-6,12,24H,7-9H2,1-4H3/t12-/m0/s1. The van der Waals surface area contributed by atoms with Gasteiger partial charge in [0, 0.05) is 12.2 Å². The van der Waals surface area contributed by atoms with Crippen LogP contribution in [0, 0.1) is 11.2 Å². The molecule has 146 valence electrons. The highest BCUT2D eigenvalue weighted by Gasteiger charge is 2.38. The van der Waals surface area contributed by atoms with Crippen molar-refractivity contribution in [3.63, 3.8) is 0 Å². The molecule has 0 aliphatic carbocycles. The van der Waals surface area contributed by atoms with Gasteiger partial charge in [-0.25, -0.2) is 9.18 Å². The van der Waals surface area contributed by atoms with Gasteiger partial charge in [0.2, 0.25) is 6.79 Å². The summed E-state index contributed by atoms with van der Waals surface area (Å²) in [6.07, 6.45) is 0.343. The first-order valence-electron chi connectivity index (χ1n) is 8.50. The number of halogens is 1. The Morgan fingerprint density at radius 2 is 1.96 bits per heavy atom. The van der Waals surface area contributed by atoms with Gasteiger partial charge >= 0.3 is 19.1 Å². The molecular formula is C18H22BFO7. The van der Waals surface area contributed by atoms with Crippen LogP contribution >= 0.6 is 0 Å². The minimum absolute atomic E-state index is 0.0977. The SMILES string of the molecule is CC(=O)C[C@H]1Cc2ccc(F)c(C(=O)OCOC(=O)C(C)(C)C)c2OB1O. The third kappa shape index (κ3) is 5.06. The van der Waals surface area contributed by atoms with Gasteiger partial charge in [-0.1, -0.05) is 6.07 Å². The summed E-state index contributed by atoms with van der Waals surface area (Å²) in [6.45, 7) is 5.63. The van der Waals surface area contributed by atoms with Gasteiger partial charge < -0.3 is 23.9 Å². The number of hydrogen-bond acceptors (Lipinski definition) is 7. The number of esters is 2. The Bertz CT molecular complexity index is 757. The lowest BCUT2D eigenvalue weighted by Crippen LogP contribution is -2.36. The molecule has 1 N–H and O–H groups in total. The fourth-order valence-corrected chi connectivity index (χ4v) is 2.65. The van der Waals surface area contributed by atoms with E-state index in [-0.39, 0.29) is 24.4 Å². The van der Waals surface area contributed by atoms with Crippen LogP contribution in [-0.4, -0.2) is 36.7 Å². The molecule has 1 heterocycles. The molecule has 27 heavy (non-hydrogen) atoms. The Hall–Kier alpha value is -2.42. The van der Waals surface area contributed by atoms with Crippen LogP contribution in [0.5, 0.6) is 5.75 Å². The summed E-state index contributed by atoms with van der Waals surface area (Å²) in [5, 5.41) is 10.1. The van der Waals surface area contributed by atoms with Crippen molar-refractivity contribution in [2.45, 2.75) is 46.4 Å². The van der Waals surface area contributed by atoms with Gasteiger partial charge in [-0.3, -0.25) is 4.79 Å².